The topological polar surface area (TPSA) is 49.4 Å². The Balaban J connectivity index is 1.68. The quantitative estimate of drug-likeness (QED) is 0.875. The number of rotatable bonds is 6. The number of hydrogen-bond acceptors (Lipinski definition) is 2. The molecule has 1 aromatic carbocycles. The van der Waals surface area contributed by atoms with E-state index in [1.807, 2.05) is 11.0 Å². The van der Waals surface area contributed by atoms with Crippen molar-refractivity contribution in [1.82, 2.24) is 10.2 Å². The molecule has 23 heavy (non-hydrogen) atoms. The molecule has 2 fully saturated rings. The Kier molecular flexibility index (Phi) is 4.94. The molecule has 1 atom stereocenters. The van der Waals surface area contributed by atoms with Crippen LogP contribution < -0.4 is 5.32 Å². The molecule has 2 aliphatic rings. The average molecular weight is 318 g/mol. The van der Waals surface area contributed by atoms with Gasteiger partial charge in [-0.3, -0.25) is 9.59 Å². The Morgan fingerprint density at radius 1 is 1.35 bits per heavy atom. The Bertz CT molecular complexity index is 586. The number of nitrogens with zero attached hydrogens (tertiary/aromatic N) is 1. The van der Waals surface area contributed by atoms with Gasteiger partial charge in [-0.05, 0) is 49.8 Å². The smallest absolute Gasteiger partial charge is 0.223 e. The van der Waals surface area contributed by atoms with E-state index in [0.717, 1.165) is 37.8 Å². The van der Waals surface area contributed by atoms with Crippen molar-refractivity contribution in [2.24, 2.45) is 5.92 Å². The second-order valence-corrected chi connectivity index (χ2v) is 6.55. The van der Waals surface area contributed by atoms with E-state index in [9.17, 15) is 14.0 Å². The number of hydrogen-bond donors (Lipinski definition) is 1. The van der Waals surface area contributed by atoms with E-state index in [-0.39, 0.29) is 29.6 Å². The van der Waals surface area contributed by atoms with Gasteiger partial charge in [-0.25, -0.2) is 4.39 Å². The van der Waals surface area contributed by atoms with Crippen LogP contribution in [0.15, 0.2) is 24.3 Å². The molecule has 0 aromatic heterocycles. The van der Waals surface area contributed by atoms with Crippen LogP contribution in [-0.4, -0.2) is 35.8 Å². The van der Waals surface area contributed by atoms with Crippen LogP contribution in [0.2, 0.25) is 0 Å². The highest BCUT2D eigenvalue weighted by molar-refractivity contribution is 5.81. The zero-order valence-electron chi connectivity index (χ0n) is 13.3. The van der Waals surface area contributed by atoms with Gasteiger partial charge in [-0.2, -0.15) is 0 Å². The number of halogens is 1. The fourth-order valence-electron chi connectivity index (χ4n) is 3.15. The summed E-state index contributed by atoms with van der Waals surface area (Å²) in [7, 11) is 0. The molecule has 5 heteroatoms. The zero-order valence-corrected chi connectivity index (χ0v) is 13.3. The summed E-state index contributed by atoms with van der Waals surface area (Å²) in [6.45, 7) is 1.16. The maximum Gasteiger partial charge on any atom is 0.223 e. The first-order valence-corrected chi connectivity index (χ1v) is 8.45. The summed E-state index contributed by atoms with van der Waals surface area (Å²) in [4.78, 5) is 26.0. The molecule has 3 rings (SSSR count). The number of amides is 2. The van der Waals surface area contributed by atoms with E-state index in [1.54, 1.807) is 6.07 Å². The lowest BCUT2D eigenvalue weighted by atomic mass is 10.0. The van der Waals surface area contributed by atoms with Gasteiger partial charge in [0.1, 0.15) is 5.82 Å². The van der Waals surface area contributed by atoms with E-state index in [2.05, 4.69) is 5.32 Å². The largest absolute Gasteiger partial charge is 0.354 e. The lowest BCUT2D eigenvalue weighted by Crippen LogP contribution is -2.50. The second kappa shape index (κ2) is 7.11. The van der Waals surface area contributed by atoms with Gasteiger partial charge >= 0.3 is 0 Å². The third-order valence-corrected chi connectivity index (χ3v) is 4.62. The fraction of sp³-hybridized carbons (Fsp3) is 0.556. The normalized spacial score (nSPS) is 19.5. The fourth-order valence-corrected chi connectivity index (χ4v) is 3.15. The SMILES string of the molecule is O=C(NCC(Cc1cccc(F)c1)N1CCCCC1=O)C1CC1. The minimum Gasteiger partial charge on any atom is -0.354 e. The first kappa shape index (κ1) is 16.0. The predicted molar refractivity (Wildman–Crippen MR) is 85.2 cm³/mol. The molecular weight excluding hydrogens is 295 g/mol. The van der Waals surface area contributed by atoms with E-state index < -0.39 is 0 Å². The number of likely N-dealkylation sites (tertiary alicyclic amines) is 1. The molecule has 0 radical (unpaired) electrons. The molecule has 1 aliphatic carbocycles. The van der Waals surface area contributed by atoms with E-state index in [1.165, 1.54) is 12.1 Å². The number of nitrogens with one attached hydrogen (secondary N) is 1. The summed E-state index contributed by atoms with van der Waals surface area (Å²) in [6, 6.07) is 6.37. The predicted octanol–water partition coefficient (Wildman–Crippen LogP) is 2.28. The molecule has 1 N–H and O–H groups in total. The maximum atomic E-state index is 13.4. The Labute approximate surface area is 136 Å². The molecule has 124 valence electrons. The lowest BCUT2D eigenvalue weighted by molar-refractivity contribution is -0.136. The van der Waals surface area contributed by atoms with Crippen molar-refractivity contribution in [3.8, 4) is 0 Å². The van der Waals surface area contributed by atoms with E-state index >= 15 is 0 Å². The summed E-state index contributed by atoms with van der Waals surface area (Å²) in [5, 5.41) is 2.97. The summed E-state index contributed by atoms with van der Waals surface area (Å²) >= 11 is 0. The second-order valence-electron chi connectivity index (χ2n) is 6.55. The van der Waals surface area contributed by atoms with Crippen molar-refractivity contribution >= 4 is 11.8 Å². The van der Waals surface area contributed by atoms with Gasteiger partial charge in [0.15, 0.2) is 0 Å². The molecule has 2 amide bonds. The van der Waals surface area contributed by atoms with Crippen molar-refractivity contribution in [1.29, 1.82) is 0 Å². The minimum atomic E-state index is -0.270. The number of carbonyl (C=O) groups excluding carboxylic acids is 2. The first-order valence-electron chi connectivity index (χ1n) is 8.45. The van der Waals surface area contributed by atoms with Crippen molar-refractivity contribution in [2.75, 3.05) is 13.1 Å². The number of carbonyl (C=O) groups is 2. The highest BCUT2D eigenvalue weighted by Crippen LogP contribution is 2.28. The highest BCUT2D eigenvalue weighted by Gasteiger charge is 2.31. The van der Waals surface area contributed by atoms with Gasteiger partial charge in [0, 0.05) is 25.4 Å². The monoisotopic (exact) mass is 318 g/mol. The van der Waals surface area contributed by atoms with Crippen molar-refractivity contribution in [3.63, 3.8) is 0 Å². The van der Waals surface area contributed by atoms with Gasteiger partial charge in [0.25, 0.3) is 0 Å². The van der Waals surface area contributed by atoms with Gasteiger partial charge in [0.2, 0.25) is 11.8 Å². The molecular formula is C18H23FN2O2. The van der Waals surface area contributed by atoms with Crippen LogP contribution in [0.3, 0.4) is 0 Å². The summed E-state index contributed by atoms with van der Waals surface area (Å²) in [5.74, 6) is 0.104. The maximum absolute atomic E-state index is 13.4. The van der Waals surface area contributed by atoms with E-state index in [4.69, 9.17) is 0 Å². The third-order valence-electron chi connectivity index (χ3n) is 4.62. The molecule has 1 saturated heterocycles. The van der Waals surface area contributed by atoms with Crippen LogP contribution in [0.25, 0.3) is 0 Å². The molecule has 4 nitrogen and oxygen atoms in total. The first-order chi connectivity index (χ1) is 11.1. The Morgan fingerprint density at radius 3 is 2.87 bits per heavy atom. The minimum absolute atomic E-state index is 0.0821. The van der Waals surface area contributed by atoms with Crippen LogP contribution >= 0.6 is 0 Å². The molecule has 1 saturated carbocycles. The average Bonchev–Trinajstić information content (AvgIpc) is 3.37. The van der Waals surface area contributed by atoms with Crippen molar-refractivity contribution < 1.29 is 14.0 Å². The van der Waals surface area contributed by atoms with Crippen LogP contribution in [0.4, 0.5) is 4.39 Å². The van der Waals surface area contributed by atoms with Gasteiger partial charge < -0.3 is 10.2 Å². The molecule has 1 unspecified atom stereocenters. The number of piperidine rings is 1. The van der Waals surface area contributed by atoms with Crippen LogP contribution in [-0.2, 0) is 16.0 Å². The highest BCUT2D eigenvalue weighted by atomic mass is 19.1. The summed E-state index contributed by atoms with van der Waals surface area (Å²) < 4.78 is 13.4. The summed E-state index contributed by atoms with van der Waals surface area (Å²) in [5.41, 5.74) is 0.856. The lowest BCUT2D eigenvalue weighted by Gasteiger charge is -2.35. The van der Waals surface area contributed by atoms with Crippen molar-refractivity contribution in [3.05, 3.63) is 35.6 Å². The van der Waals surface area contributed by atoms with Gasteiger partial charge in [-0.1, -0.05) is 12.1 Å². The van der Waals surface area contributed by atoms with Gasteiger partial charge in [0.05, 0.1) is 6.04 Å². The Hall–Kier alpha value is -1.91. The third kappa shape index (κ3) is 4.30. The molecule has 0 spiro atoms. The molecule has 1 heterocycles. The Morgan fingerprint density at radius 2 is 2.17 bits per heavy atom. The zero-order chi connectivity index (χ0) is 16.2. The van der Waals surface area contributed by atoms with Crippen molar-refractivity contribution in [2.45, 2.75) is 44.6 Å². The van der Waals surface area contributed by atoms with E-state index in [0.29, 0.717) is 19.4 Å². The molecule has 1 aliphatic heterocycles. The van der Waals surface area contributed by atoms with Crippen LogP contribution in [0.1, 0.15) is 37.7 Å². The molecule has 0 bridgehead atoms. The summed E-state index contributed by atoms with van der Waals surface area (Å²) in [6.07, 6.45) is 4.97. The standard InChI is InChI=1S/C18H23FN2O2/c19-15-5-3-4-13(10-15)11-16(12-20-18(23)14-7-8-14)21-9-2-1-6-17(21)22/h3-5,10,14,16H,1-2,6-9,11-12H2,(H,20,23). The van der Waals surface area contributed by atoms with Gasteiger partial charge in [-0.15, -0.1) is 0 Å². The molecule has 1 aromatic rings. The number of benzene rings is 1. The van der Waals surface area contributed by atoms with Crippen LogP contribution in [0, 0.1) is 11.7 Å². The van der Waals surface area contributed by atoms with Crippen LogP contribution in [0.5, 0.6) is 0 Å².